The van der Waals surface area contributed by atoms with E-state index in [1.807, 2.05) is 19.2 Å². The average molecular weight is 165 g/mol. The molecule has 0 unspecified atom stereocenters. The first-order valence-corrected chi connectivity index (χ1v) is 3.73. The quantitative estimate of drug-likeness (QED) is 0.684. The van der Waals surface area contributed by atoms with Crippen molar-refractivity contribution in [2.45, 2.75) is 0 Å². The molecule has 1 rings (SSSR count). The van der Waals surface area contributed by atoms with Gasteiger partial charge in [0.15, 0.2) is 12.0 Å². The minimum Gasteiger partial charge on any atom is -0.454 e. The second kappa shape index (κ2) is 4.51. The molecule has 0 atom stereocenters. The van der Waals surface area contributed by atoms with Crippen molar-refractivity contribution in [2.24, 2.45) is 0 Å². The molecule has 12 heavy (non-hydrogen) atoms. The summed E-state index contributed by atoms with van der Waals surface area (Å²) in [7, 11) is 1.86. The fraction of sp³-hybridized carbons (Fsp3) is 0.222. The van der Waals surface area contributed by atoms with Gasteiger partial charge in [-0.05, 0) is 25.3 Å². The molecule has 0 amide bonds. The summed E-state index contributed by atoms with van der Waals surface area (Å²) in [5.41, 5.74) is 0. The first-order chi connectivity index (χ1) is 5.86. The molecule has 0 saturated heterocycles. The Morgan fingerprint density at radius 3 is 2.83 bits per heavy atom. The van der Waals surface area contributed by atoms with Crippen LogP contribution in [0.1, 0.15) is 16.3 Å². The molecule has 0 saturated carbocycles. The highest BCUT2D eigenvalue weighted by molar-refractivity contribution is 5.71. The maximum Gasteiger partial charge on any atom is 0.185 e. The number of furan rings is 1. The van der Waals surface area contributed by atoms with Gasteiger partial charge in [-0.2, -0.15) is 0 Å². The normalized spacial score (nSPS) is 10.8. The Morgan fingerprint density at radius 1 is 1.50 bits per heavy atom. The van der Waals surface area contributed by atoms with Gasteiger partial charge >= 0.3 is 0 Å². The topological polar surface area (TPSA) is 42.2 Å². The summed E-state index contributed by atoms with van der Waals surface area (Å²) in [5, 5.41) is 2.96. The van der Waals surface area contributed by atoms with Crippen molar-refractivity contribution in [3.05, 3.63) is 29.7 Å². The van der Waals surface area contributed by atoms with Crippen LogP contribution >= 0.6 is 0 Å². The number of carbonyl (C=O) groups is 1. The molecule has 0 aliphatic heterocycles. The van der Waals surface area contributed by atoms with Crippen molar-refractivity contribution < 1.29 is 9.21 Å². The Balaban J connectivity index is 2.57. The number of carbonyl (C=O) groups excluding carboxylic acids is 1. The number of hydrogen-bond donors (Lipinski definition) is 1. The highest BCUT2D eigenvalue weighted by Gasteiger charge is 1.94. The lowest BCUT2D eigenvalue weighted by atomic mass is 10.4. The molecule has 1 aromatic rings. The zero-order valence-corrected chi connectivity index (χ0v) is 6.91. The Bertz CT molecular complexity index is 276. The van der Waals surface area contributed by atoms with Gasteiger partial charge in [-0.3, -0.25) is 4.79 Å². The van der Waals surface area contributed by atoms with Crippen LogP contribution in [-0.4, -0.2) is 19.9 Å². The summed E-state index contributed by atoms with van der Waals surface area (Å²) in [6.45, 7) is 0.789. The maximum atomic E-state index is 10.2. The lowest BCUT2D eigenvalue weighted by Gasteiger charge is -1.86. The third-order valence-corrected chi connectivity index (χ3v) is 1.37. The summed E-state index contributed by atoms with van der Waals surface area (Å²) in [6, 6.07) is 3.40. The van der Waals surface area contributed by atoms with Crippen LogP contribution in [0.15, 0.2) is 22.6 Å². The molecule has 0 fully saturated rings. The summed E-state index contributed by atoms with van der Waals surface area (Å²) in [4.78, 5) is 10.2. The minimum absolute atomic E-state index is 0.360. The molecule has 1 aromatic heterocycles. The molecule has 3 nitrogen and oxygen atoms in total. The van der Waals surface area contributed by atoms with Gasteiger partial charge in [0.1, 0.15) is 5.76 Å². The van der Waals surface area contributed by atoms with Crippen LogP contribution in [0.2, 0.25) is 0 Å². The summed E-state index contributed by atoms with van der Waals surface area (Å²) in [5.74, 6) is 1.06. The zero-order chi connectivity index (χ0) is 8.81. The first kappa shape index (κ1) is 8.74. The van der Waals surface area contributed by atoms with Crippen LogP contribution in [0.3, 0.4) is 0 Å². The van der Waals surface area contributed by atoms with Crippen molar-refractivity contribution in [3.63, 3.8) is 0 Å². The molecule has 0 bridgehead atoms. The largest absolute Gasteiger partial charge is 0.454 e. The van der Waals surface area contributed by atoms with Crippen molar-refractivity contribution in [3.8, 4) is 0 Å². The Hall–Kier alpha value is -1.35. The summed E-state index contributed by atoms with van der Waals surface area (Å²) < 4.78 is 5.10. The molecule has 0 aliphatic rings. The molecular weight excluding hydrogens is 154 g/mol. The fourth-order valence-electron chi connectivity index (χ4n) is 0.814. The van der Waals surface area contributed by atoms with E-state index >= 15 is 0 Å². The molecule has 1 heterocycles. The number of likely N-dealkylation sites (N-methyl/N-ethyl adjacent to an activating group) is 1. The van der Waals surface area contributed by atoms with Gasteiger partial charge in [0.25, 0.3) is 0 Å². The molecule has 0 spiro atoms. The monoisotopic (exact) mass is 165 g/mol. The van der Waals surface area contributed by atoms with E-state index in [0.717, 1.165) is 6.54 Å². The molecular formula is C9H11NO2. The smallest absolute Gasteiger partial charge is 0.185 e. The van der Waals surface area contributed by atoms with Crippen LogP contribution in [0.5, 0.6) is 0 Å². The predicted octanol–water partition coefficient (Wildman–Crippen LogP) is 1.32. The van der Waals surface area contributed by atoms with Gasteiger partial charge in [0, 0.05) is 6.54 Å². The van der Waals surface area contributed by atoms with Crippen molar-refractivity contribution in [1.29, 1.82) is 0 Å². The predicted molar refractivity (Wildman–Crippen MR) is 47.1 cm³/mol. The second-order valence-corrected chi connectivity index (χ2v) is 2.32. The van der Waals surface area contributed by atoms with Gasteiger partial charge in [0.05, 0.1) is 0 Å². The number of rotatable bonds is 4. The number of nitrogens with one attached hydrogen (secondary N) is 1. The van der Waals surface area contributed by atoms with Gasteiger partial charge in [0.2, 0.25) is 0 Å². The number of hydrogen-bond acceptors (Lipinski definition) is 3. The Kier molecular flexibility index (Phi) is 3.29. The van der Waals surface area contributed by atoms with Crippen molar-refractivity contribution in [2.75, 3.05) is 13.6 Å². The van der Waals surface area contributed by atoms with Crippen molar-refractivity contribution >= 4 is 12.4 Å². The van der Waals surface area contributed by atoms with Crippen LogP contribution in [0.25, 0.3) is 6.08 Å². The number of aldehydes is 1. The van der Waals surface area contributed by atoms with E-state index in [4.69, 9.17) is 4.42 Å². The first-order valence-electron chi connectivity index (χ1n) is 3.73. The zero-order valence-electron chi connectivity index (χ0n) is 6.91. The van der Waals surface area contributed by atoms with E-state index in [-0.39, 0.29) is 0 Å². The second-order valence-electron chi connectivity index (χ2n) is 2.32. The van der Waals surface area contributed by atoms with E-state index in [1.165, 1.54) is 0 Å². The van der Waals surface area contributed by atoms with E-state index < -0.39 is 0 Å². The summed E-state index contributed by atoms with van der Waals surface area (Å²) >= 11 is 0. The highest BCUT2D eigenvalue weighted by Crippen LogP contribution is 2.06. The average Bonchev–Trinajstić information content (AvgIpc) is 2.53. The third kappa shape index (κ3) is 2.36. The van der Waals surface area contributed by atoms with E-state index in [9.17, 15) is 4.79 Å². The molecule has 3 heteroatoms. The van der Waals surface area contributed by atoms with Crippen LogP contribution < -0.4 is 5.32 Å². The molecule has 1 N–H and O–H groups in total. The molecule has 0 radical (unpaired) electrons. The van der Waals surface area contributed by atoms with Crippen LogP contribution in [0, 0.1) is 0 Å². The van der Waals surface area contributed by atoms with Gasteiger partial charge < -0.3 is 9.73 Å². The van der Waals surface area contributed by atoms with Crippen molar-refractivity contribution in [1.82, 2.24) is 5.32 Å². The van der Waals surface area contributed by atoms with Crippen LogP contribution in [0.4, 0.5) is 0 Å². The molecule has 0 aromatic carbocycles. The minimum atomic E-state index is 0.360. The lowest BCUT2D eigenvalue weighted by Crippen LogP contribution is -2.03. The van der Waals surface area contributed by atoms with Gasteiger partial charge in [-0.15, -0.1) is 0 Å². The molecule has 64 valence electrons. The standard InChI is InChI=1S/C9H11NO2/c1-10-6-2-3-8-4-5-9(7-11)12-8/h2-5,7,10H,6H2,1H3. The van der Waals surface area contributed by atoms with E-state index in [0.29, 0.717) is 17.8 Å². The Labute approximate surface area is 71.1 Å². The van der Waals surface area contributed by atoms with E-state index in [1.54, 1.807) is 12.1 Å². The SMILES string of the molecule is CNCC=Cc1ccc(C=O)o1. The Morgan fingerprint density at radius 2 is 2.25 bits per heavy atom. The lowest BCUT2D eigenvalue weighted by molar-refractivity contribution is 0.110. The fourth-order valence-corrected chi connectivity index (χ4v) is 0.814. The van der Waals surface area contributed by atoms with Gasteiger partial charge in [-0.1, -0.05) is 6.08 Å². The van der Waals surface area contributed by atoms with Crippen LogP contribution in [-0.2, 0) is 0 Å². The van der Waals surface area contributed by atoms with E-state index in [2.05, 4.69) is 5.32 Å². The molecule has 0 aliphatic carbocycles. The van der Waals surface area contributed by atoms with Gasteiger partial charge in [-0.25, -0.2) is 0 Å². The summed E-state index contributed by atoms with van der Waals surface area (Å²) in [6.07, 6.45) is 4.44. The third-order valence-electron chi connectivity index (χ3n) is 1.37. The maximum absolute atomic E-state index is 10.2. The highest BCUT2D eigenvalue weighted by atomic mass is 16.3.